The summed E-state index contributed by atoms with van der Waals surface area (Å²) in [6.07, 6.45) is 9.43. The Kier molecular flexibility index (Phi) is 12.1. The van der Waals surface area contributed by atoms with Gasteiger partial charge in [0.1, 0.15) is 0 Å². The third-order valence-electron chi connectivity index (χ3n) is 5.74. The van der Waals surface area contributed by atoms with Crippen LogP contribution < -0.4 is 0 Å². The maximum Gasteiger partial charge on any atom is 0.151 e. The lowest BCUT2D eigenvalue weighted by atomic mass is 9.92. The van der Waals surface area contributed by atoms with Crippen LogP contribution in [0.5, 0.6) is 0 Å². The molecular formula is C29H34Cl3FN2. The summed E-state index contributed by atoms with van der Waals surface area (Å²) in [7, 11) is 0. The van der Waals surface area contributed by atoms with Crippen LogP contribution >= 0.6 is 34.8 Å². The van der Waals surface area contributed by atoms with Crippen molar-refractivity contribution in [2.24, 2.45) is 4.99 Å². The second-order valence-corrected chi connectivity index (χ2v) is 9.64. The molecule has 1 unspecified atom stereocenters. The van der Waals surface area contributed by atoms with Crippen molar-refractivity contribution in [1.29, 1.82) is 0 Å². The van der Waals surface area contributed by atoms with Gasteiger partial charge in [-0.15, -0.1) is 0 Å². The largest absolute Gasteiger partial charge is 0.358 e. The van der Waals surface area contributed by atoms with E-state index in [0.717, 1.165) is 53.7 Å². The van der Waals surface area contributed by atoms with Gasteiger partial charge in [-0.2, -0.15) is 0 Å². The van der Waals surface area contributed by atoms with Crippen LogP contribution in [0, 0.1) is 5.82 Å². The second-order valence-electron chi connectivity index (χ2n) is 8.36. The van der Waals surface area contributed by atoms with Crippen LogP contribution in [-0.4, -0.2) is 11.2 Å². The number of rotatable bonds is 8. The van der Waals surface area contributed by atoms with Crippen molar-refractivity contribution in [3.63, 3.8) is 0 Å². The second kappa shape index (κ2) is 14.5. The molecule has 2 nitrogen and oxygen atoms in total. The Balaban J connectivity index is 0.000000334. The summed E-state index contributed by atoms with van der Waals surface area (Å²) in [5.41, 5.74) is 5.05. The summed E-state index contributed by atoms with van der Waals surface area (Å²) in [5, 5.41) is 2.19. The number of H-pyrrole nitrogens is 1. The van der Waals surface area contributed by atoms with E-state index in [0.29, 0.717) is 15.4 Å². The number of hydrogen-bond donors (Lipinski definition) is 1. The number of aliphatic imine (C=N–C) groups is 1. The number of benzene rings is 2. The van der Waals surface area contributed by atoms with Crippen LogP contribution in [0.25, 0.3) is 10.9 Å². The van der Waals surface area contributed by atoms with E-state index in [9.17, 15) is 4.39 Å². The van der Waals surface area contributed by atoms with Gasteiger partial charge in [-0.3, -0.25) is 4.99 Å². The number of unbranched alkanes of at least 4 members (excludes halogenated alkanes) is 1. The molecule has 2 aromatic carbocycles. The highest BCUT2D eigenvalue weighted by Crippen LogP contribution is 2.36. The van der Waals surface area contributed by atoms with Crippen molar-refractivity contribution in [1.82, 2.24) is 4.98 Å². The number of halogens is 4. The summed E-state index contributed by atoms with van der Waals surface area (Å²) in [6, 6.07) is 11.3. The predicted molar refractivity (Wildman–Crippen MR) is 153 cm³/mol. The maximum atomic E-state index is 14.6. The fourth-order valence-corrected chi connectivity index (χ4v) is 4.12. The van der Waals surface area contributed by atoms with E-state index in [1.54, 1.807) is 12.3 Å². The third kappa shape index (κ3) is 8.24. The fourth-order valence-electron chi connectivity index (χ4n) is 3.79. The fraction of sp³-hybridized carbons (Fsp3) is 0.345. The first-order valence-corrected chi connectivity index (χ1v) is 13.1. The minimum Gasteiger partial charge on any atom is -0.358 e. The molecule has 188 valence electrons. The predicted octanol–water partition coefficient (Wildman–Crippen LogP) is 10.6. The molecule has 0 saturated heterocycles. The molecule has 3 rings (SSSR count). The summed E-state index contributed by atoms with van der Waals surface area (Å²) in [6.45, 7) is 10.2. The molecular weight excluding hydrogens is 502 g/mol. The lowest BCUT2D eigenvalue weighted by Gasteiger charge is -2.14. The van der Waals surface area contributed by atoms with E-state index in [1.165, 1.54) is 0 Å². The molecule has 3 aromatic rings. The van der Waals surface area contributed by atoms with Crippen molar-refractivity contribution in [2.45, 2.75) is 66.2 Å². The van der Waals surface area contributed by atoms with Crippen LogP contribution in [0.3, 0.4) is 0 Å². The molecule has 0 saturated carbocycles. The first-order valence-electron chi connectivity index (χ1n) is 12.0. The topological polar surface area (TPSA) is 28.1 Å². The quantitative estimate of drug-likeness (QED) is 0.278. The average Bonchev–Trinajstić information content (AvgIpc) is 3.23. The maximum absolute atomic E-state index is 14.6. The SMILES string of the molecule is CCCCc1c(C(C)c2ccc(Cl)cc2)[nH]c2ccc(Cl)c(F)c12.C\C=C(Cl)/C=N/C(C)=C/CC. The highest BCUT2D eigenvalue weighted by Gasteiger charge is 2.21. The third-order valence-corrected chi connectivity index (χ3v) is 6.60. The Morgan fingerprint density at radius 3 is 2.40 bits per heavy atom. The minimum atomic E-state index is -0.328. The van der Waals surface area contributed by atoms with Crippen LogP contribution in [0.4, 0.5) is 4.39 Å². The van der Waals surface area contributed by atoms with E-state index in [1.807, 2.05) is 50.3 Å². The van der Waals surface area contributed by atoms with Crippen molar-refractivity contribution in [2.75, 3.05) is 0 Å². The highest BCUT2D eigenvalue weighted by atomic mass is 35.5. The Hall–Kier alpha value is -2.07. The van der Waals surface area contributed by atoms with Crippen LogP contribution in [0.2, 0.25) is 10.0 Å². The first kappa shape index (κ1) is 29.2. The molecule has 1 N–H and O–H groups in total. The summed E-state index contributed by atoms with van der Waals surface area (Å²) in [4.78, 5) is 7.54. The molecule has 35 heavy (non-hydrogen) atoms. The smallest absolute Gasteiger partial charge is 0.151 e. The molecule has 1 aromatic heterocycles. The number of fused-ring (bicyclic) bond motifs is 1. The molecule has 0 aliphatic carbocycles. The molecule has 0 bridgehead atoms. The molecule has 0 spiro atoms. The molecule has 0 aliphatic rings. The standard InChI is InChI=1S/C20H20Cl2FN.C9H14ClN/c1-3-4-5-15-18-17(11-10-16(22)19(18)23)24-20(15)12(2)13-6-8-14(21)9-7-13;1-4-6-8(3)11-7-9(10)5-2/h6-12,24H,3-5H2,1-2H3;5-7H,4H2,1-3H3/b;8-6+,9-5+,11-7+. The zero-order chi connectivity index (χ0) is 26.0. The van der Waals surface area contributed by atoms with Gasteiger partial charge in [-0.1, -0.05) is 86.3 Å². The van der Waals surface area contributed by atoms with E-state index in [4.69, 9.17) is 34.8 Å². The van der Waals surface area contributed by atoms with E-state index in [2.05, 4.69) is 36.8 Å². The average molecular weight is 536 g/mol. The molecule has 0 amide bonds. The van der Waals surface area contributed by atoms with Crippen molar-refractivity contribution in [3.05, 3.63) is 92.0 Å². The number of allylic oxidation sites excluding steroid dienone is 4. The van der Waals surface area contributed by atoms with E-state index in [-0.39, 0.29) is 16.8 Å². The zero-order valence-electron chi connectivity index (χ0n) is 21.1. The normalized spacial score (nSPS) is 13.3. The van der Waals surface area contributed by atoms with Gasteiger partial charge in [0.25, 0.3) is 0 Å². The number of nitrogens with zero attached hydrogens (tertiary/aromatic N) is 1. The van der Waals surface area contributed by atoms with Crippen LogP contribution in [0.1, 0.15) is 76.6 Å². The molecule has 0 aliphatic heterocycles. The van der Waals surface area contributed by atoms with Crippen LogP contribution in [0.15, 0.2) is 64.3 Å². The number of aryl methyl sites for hydroxylation is 1. The first-order chi connectivity index (χ1) is 16.7. The van der Waals surface area contributed by atoms with Gasteiger partial charge in [0.05, 0.1) is 10.1 Å². The number of nitrogens with one attached hydrogen (secondary N) is 1. The van der Waals surface area contributed by atoms with Crippen molar-refractivity contribution < 1.29 is 4.39 Å². The van der Waals surface area contributed by atoms with Gasteiger partial charge in [0, 0.05) is 39.4 Å². The monoisotopic (exact) mass is 534 g/mol. The van der Waals surface area contributed by atoms with E-state index < -0.39 is 0 Å². The Morgan fingerprint density at radius 1 is 1.11 bits per heavy atom. The molecule has 1 heterocycles. The minimum absolute atomic E-state index is 0.125. The number of hydrogen-bond acceptors (Lipinski definition) is 1. The summed E-state index contributed by atoms with van der Waals surface area (Å²) in [5.74, 6) is -0.203. The van der Waals surface area contributed by atoms with Gasteiger partial charge in [0.2, 0.25) is 0 Å². The summed E-state index contributed by atoms with van der Waals surface area (Å²) < 4.78 is 14.6. The molecule has 0 fully saturated rings. The van der Waals surface area contributed by atoms with Crippen molar-refractivity contribution in [3.8, 4) is 0 Å². The Morgan fingerprint density at radius 2 is 1.80 bits per heavy atom. The van der Waals surface area contributed by atoms with Crippen LogP contribution in [-0.2, 0) is 6.42 Å². The highest BCUT2D eigenvalue weighted by molar-refractivity contribution is 6.39. The molecule has 6 heteroatoms. The summed E-state index contributed by atoms with van der Waals surface area (Å²) >= 11 is 17.7. The zero-order valence-corrected chi connectivity index (χ0v) is 23.3. The Labute approximate surface area is 223 Å². The van der Waals surface area contributed by atoms with Gasteiger partial charge in [-0.25, -0.2) is 4.39 Å². The van der Waals surface area contributed by atoms with Gasteiger partial charge in [0.15, 0.2) is 5.82 Å². The Bertz CT molecular complexity index is 1190. The molecule has 0 radical (unpaired) electrons. The van der Waals surface area contributed by atoms with Gasteiger partial charge >= 0.3 is 0 Å². The van der Waals surface area contributed by atoms with Gasteiger partial charge in [-0.05, 0) is 68.5 Å². The lowest BCUT2D eigenvalue weighted by molar-refractivity contribution is 0.638. The van der Waals surface area contributed by atoms with E-state index >= 15 is 0 Å². The number of aromatic amines is 1. The molecule has 1 atom stereocenters. The lowest BCUT2D eigenvalue weighted by Crippen LogP contribution is -2.01. The van der Waals surface area contributed by atoms with Crippen molar-refractivity contribution >= 4 is 51.9 Å². The van der Waals surface area contributed by atoms with Gasteiger partial charge < -0.3 is 4.98 Å². The number of aromatic nitrogens is 1.